The number of anilines is 1. The predicted molar refractivity (Wildman–Crippen MR) is 112 cm³/mol. The van der Waals surface area contributed by atoms with E-state index in [0.717, 1.165) is 6.42 Å². The Kier molecular flexibility index (Phi) is 6.07. The van der Waals surface area contributed by atoms with Gasteiger partial charge in [0.25, 0.3) is 5.91 Å². The van der Waals surface area contributed by atoms with Crippen LogP contribution in [0.25, 0.3) is 0 Å². The topological polar surface area (TPSA) is 77.1 Å². The number of hydrogen-bond acceptors (Lipinski definition) is 5. The molecule has 2 aliphatic rings. The van der Waals surface area contributed by atoms with Gasteiger partial charge in [0, 0.05) is 36.3 Å². The van der Waals surface area contributed by atoms with Crippen molar-refractivity contribution in [3.63, 3.8) is 0 Å². The van der Waals surface area contributed by atoms with Gasteiger partial charge in [-0.1, -0.05) is 13.0 Å². The summed E-state index contributed by atoms with van der Waals surface area (Å²) in [6, 6.07) is 12.7. The number of hydrogen-bond donors (Lipinski definition) is 1. The number of nitrogens with zero attached hydrogens (tertiary/aromatic N) is 1. The number of likely N-dealkylation sites (tertiary alicyclic amines) is 1. The molecule has 2 aromatic rings. The van der Waals surface area contributed by atoms with Gasteiger partial charge in [-0.25, -0.2) is 0 Å². The normalized spacial score (nSPS) is 15.7. The van der Waals surface area contributed by atoms with Crippen LogP contribution < -0.4 is 19.5 Å². The fourth-order valence-corrected chi connectivity index (χ4v) is 3.68. The van der Waals surface area contributed by atoms with E-state index in [1.807, 2.05) is 24.0 Å². The van der Waals surface area contributed by atoms with E-state index < -0.39 is 0 Å². The molecule has 0 spiro atoms. The molecule has 158 valence electrons. The number of piperidine rings is 1. The summed E-state index contributed by atoms with van der Waals surface area (Å²) in [5.41, 5.74) is 1.30. The second kappa shape index (κ2) is 9.07. The lowest BCUT2D eigenvalue weighted by molar-refractivity contribution is -0.121. The van der Waals surface area contributed by atoms with Crippen molar-refractivity contribution in [2.45, 2.75) is 26.2 Å². The zero-order valence-electron chi connectivity index (χ0n) is 17.1. The molecule has 7 nitrogen and oxygen atoms in total. The van der Waals surface area contributed by atoms with E-state index in [9.17, 15) is 9.59 Å². The number of fused-ring (bicyclic) bond motifs is 1. The average Bonchev–Trinajstić information content (AvgIpc) is 3.25. The molecule has 4 rings (SSSR count). The summed E-state index contributed by atoms with van der Waals surface area (Å²) in [5, 5.41) is 2.95. The molecule has 0 saturated carbocycles. The van der Waals surface area contributed by atoms with E-state index in [2.05, 4.69) is 5.32 Å². The van der Waals surface area contributed by atoms with Crippen molar-refractivity contribution in [3.05, 3.63) is 48.0 Å². The SMILES string of the molecule is CCCOc1cccc(C(=O)N2CCC(C(=O)Nc3ccc4c(c3)OCO4)CC2)c1. The third kappa shape index (κ3) is 4.50. The molecule has 0 unspecified atom stereocenters. The molecule has 1 saturated heterocycles. The standard InChI is InChI=1S/C23H26N2O5/c1-2-12-28-19-5-3-4-17(13-19)23(27)25-10-8-16(9-11-25)22(26)24-18-6-7-20-21(14-18)30-15-29-20/h3-7,13-14,16H,2,8-12,15H2,1H3,(H,24,26). The number of benzene rings is 2. The molecule has 2 heterocycles. The maximum Gasteiger partial charge on any atom is 0.253 e. The van der Waals surface area contributed by atoms with Gasteiger partial charge in [0.1, 0.15) is 5.75 Å². The highest BCUT2D eigenvalue weighted by Gasteiger charge is 2.28. The summed E-state index contributed by atoms with van der Waals surface area (Å²) in [7, 11) is 0. The number of ether oxygens (including phenoxy) is 3. The van der Waals surface area contributed by atoms with Crippen LogP contribution in [0.4, 0.5) is 5.69 Å². The summed E-state index contributed by atoms with van der Waals surface area (Å²) < 4.78 is 16.3. The zero-order chi connectivity index (χ0) is 20.9. The molecule has 7 heteroatoms. The molecule has 1 fully saturated rings. The third-order valence-corrected chi connectivity index (χ3v) is 5.35. The quantitative estimate of drug-likeness (QED) is 0.786. The second-order valence-electron chi connectivity index (χ2n) is 7.50. The Bertz CT molecular complexity index is 922. The van der Waals surface area contributed by atoms with Crippen LogP contribution in [-0.4, -0.2) is 43.2 Å². The summed E-state index contributed by atoms with van der Waals surface area (Å²) in [6.45, 7) is 3.98. The van der Waals surface area contributed by atoms with Crippen molar-refractivity contribution in [2.75, 3.05) is 31.8 Å². The van der Waals surface area contributed by atoms with Crippen LogP contribution in [-0.2, 0) is 4.79 Å². The highest BCUT2D eigenvalue weighted by Crippen LogP contribution is 2.34. The van der Waals surface area contributed by atoms with Gasteiger partial charge in [-0.3, -0.25) is 9.59 Å². The zero-order valence-corrected chi connectivity index (χ0v) is 17.1. The van der Waals surface area contributed by atoms with Crippen molar-refractivity contribution in [1.29, 1.82) is 0 Å². The van der Waals surface area contributed by atoms with E-state index >= 15 is 0 Å². The Hall–Kier alpha value is -3.22. The number of nitrogens with one attached hydrogen (secondary N) is 1. The van der Waals surface area contributed by atoms with Gasteiger partial charge in [0.2, 0.25) is 12.7 Å². The van der Waals surface area contributed by atoms with Gasteiger partial charge in [-0.15, -0.1) is 0 Å². The molecule has 2 aliphatic heterocycles. The van der Waals surface area contributed by atoms with Crippen LogP contribution in [0, 0.1) is 5.92 Å². The molecule has 2 amide bonds. The predicted octanol–water partition coefficient (Wildman–Crippen LogP) is 3.70. The summed E-state index contributed by atoms with van der Waals surface area (Å²) in [6.07, 6.45) is 2.18. The molecule has 0 atom stereocenters. The van der Waals surface area contributed by atoms with Crippen molar-refractivity contribution >= 4 is 17.5 Å². The van der Waals surface area contributed by atoms with Gasteiger partial charge in [-0.2, -0.15) is 0 Å². The Balaban J connectivity index is 1.31. The highest BCUT2D eigenvalue weighted by atomic mass is 16.7. The van der Waals surface area contributed by atoms with Crippen molar-refractivity contribution in [2.24, 2.45) is 5.92 Å². The van der Waals surface area contributed by atoms with Crippen LogP contribution in [0.5, 0.6) is 17.2 Å². The summed E-state index contributed by atoms with van der Waals surface area (Å²) in [4.78, 5) is 27.3. The second-order valence-corrected chi connectivity index (χ2v) is 7.50. The molecule has 30 heavy (non-hydrogen) atoms. The van der Waals surface area contributed by atoms with Crippen LogP contribution in [0.1, 0.15) is 36.5 Å². The first kappa shape index (κ1) is 20.1. The van der Waals surface area contributed by atoms with E-state index in [0.29, 0.717) is 61.0 Å². The Morgan fingerprint density at radius 1 is 1.10 bits per heavy atom. The lowest BCUT2D eigenvalue weighted by Crippen LogP contribution is -2.41. The number of rotatable bonds is 6. The minimum absolute atomic E-state index is 0.0217. The molecule has 0 aliphatic carbocycles. The first-order chi connectivity index (χ1) is 14.6. The first-order valence-corrected chi connectivity index (χ1v) is 10.4. The molecule has 2 aromatic carbocycles. The average molecular weight is 410 g/mol. The minimum Gasteiger partial charge on any atom is -0.494 e. The van der Waals surface area contributed by atoms with Crippen LogP contribution >= 0.6 is 0 Å². The van der Waals surface area contributed by atoms with Crippen LogP contribution in [0.2, 0.25) is 0 Å². The Morgan fingerprint density at radius 3 is 2.70 bits per heavy atom. The number of carbonyl (C=O) groups excluding carboxylic acids is 2. The lowest BCUT2D eigenvalue weighted by atomic mass is 9.95. The van der Waals surface area contributed by atoms with Crippen molar-refractivity contribution in [1.82, 2.24) is 4.90 Å². The monoisotopic (exact) mass is 410 g/mol. The smallest absolute Gasteiger partial charge is 0.253 e. The Labute approximate surface area is 175 Å². The van der Waals surface area contributed by atoms with E-state index in [1.165, 1.54) is 0 Å². The van der Waals surface area contributed by atoms with Crippen LogP contribution in [0.15, 0.2) is 42.5 Å². The van der Waals surface area contributed by atoms with Gasteiger partial charge >= 0.3 is 0 Å². The van der Waals surface area contributed by atoms with Gasteiger partial charge in [-0.05, 0) is 49.6 Å². The molecule has 0 radical (unpaired) electrons. The molecular weight excluding hydrogens is 384 g/mol. The van der Waals surface area contributed by atoms with Gasteiger partial charge < -0.3 is 24.4 Å². The first-order valence-electron chi connectivity index (χ1n) is 10.4. The van der Waals surface area contributed by atoms with Crippen molar-refractivity contribution in [3.8, 4) is 17.2 Å². The summed E-state index contributed by atoms with van der Waals surface area (Å²) in [5.74, 6) is 1.85. The minimum atomic E-state index is -0.126. The third-order valence-electron chi connectivity index (χ3n) is 5.35. The van der Waals surface area contributed by atoms with E-state index in [1.54, 1.807) is 30.3 Å². The van der Waals surface area contributed by atoms with Crippen LogP contribution in [0.3, 0.4) is 0 Å². The number of carbonyl (C=O) groups is 2. The fourth-order valence-electron chi connectivity index (χ4n) is 3.68. The maximum absolute atomic E-state index is 12.8. The fraction of sp³-hybridized carbons (Fsp3) is 0.391. The lowest BCUT2D eigenvalue weighted by Gasteiger charge is -2.31. The molecule has 1 N–H and O–H groups in total. The van der Waals surface area contributed by atoms with Gasteiger partial charge in [0.15, 0.2) is 11.5 Å². The summed E-state index contributed by atoms with van der Waals surface area (Å²) >= 11 is 0. The molecular formula is C23H26N2O5. The van der Waals surface area contributed by atoms with Crippen molar-refractivity contribution < 1.29 is 23.8 Å². The number of amides is 2. The van der Waals surface area contributed by atoms with E-state index in [-0.39, 0.29) is 24.5 Å². The molecule has 0 bridgehead atoms. The largest absolute Gasteiger partial charge is 0.494 e. The maximum atomic E-state index is 12.8. The molecule has 0 aromatic heterocycles. The Morgan fingerprint density at radius 2 is 1.90 bits per heavy atom. The van der Waals surface area contributed by atoms with E-state index in [4.69, 9.17) is 14.2 Å². The van der Waals surface area contributed by atoms with Gasteiger partial charge in [0.05, 0.1) is 6.61 Å². The highest BCUT2D eigenvalue weighted by molar-refractivity contribution is 5.95.